The molecule has 29 heavy (non-hydrogen) atoms. The Morgan fingerprint density at radius 3 is 2.55 bits per heavy atom. The van der Waals surface area contributed by atoms with E-state index in [4.69, 9.17) is 19.2 Å². The average molecular weight is 389 g/mol. The van der Waals surface area contributed by atoms with Crippen LogP contribution < -0.4 is 0 Å². The fraction of sp³-hybridized carbons (Fsp3) is 0.400. The van der Waals surface area contributed by atoms with E-state index in [-0.39, 0.29) is 11.5 Å². The molecule has 1 aliphatic carbocycles. The maximum absolute atomic E-state index is 6.35. The van der Waals surface area contributed by atoms with Crippen molar-refractivity contribution in [1.82, 2.24) is 0 Å². The van der Waals surface area contributed by atoms with E-state index >= 15 is 0 Å². The third-order valence-electron chi connectivity index (χ3n) is 6.38. The van der Waals surface area contributed by atoms with Crippen LogP contribution in [0.3, 0.4) is 0 Å². The summed E-state index contributed by atoms with van der Waals surface area (Å²) in [4.78, 5) is 5.10. The van der Waals surface area contributed by atoms with Crippen molar-refractivity contribution >= 4 is 11.7 Å². The number of rotatable bonds is 4. The molecule has 1 saturated heterocycles. The fourth-order valence-electron chi connectivity index (χ4n) is 5.11. The van der Waals surface area contributed by atoms with Crippen LogP contribution in [0.5, 0.6) is 0 Å². The molecule has 2 aromatic rings. The first-order valence-corrected chi connectivity index (χ1v) is 10.3. The highest BCUT2D eigenvalue weighted by molar-refractivity contribution is 5.95. The second-order valence-electron chi connectivity index (χ2n) is 8.82. The molecule has 0 spiro atoms. The number of methoxy groups -OCH3 is 1. The van der Waals surface area contributed by atoms with Crippen LogP contribution in [0.15, 0.2) is 65.2 Å². The molecule has 5 rings (SSSR count). The quantitative estimate of drug-likeness (QED) is 0.779. The predicted octanol–water partition coefficient (Wildman–Crippen LogP) is 4.39. The van der Waals surface area contributed by atoms with Gasteiger partial charge in [0.1, 0.15) is 12.4 Å². The van der Waals surface area contributed by atoms with Crippen molar-refractivity contribution in [3.63, 3.8) is 0 Å². The molecule has 0 bridgehead atoms. The maximum Gasteiger partial charge on any atom is 0.196 e. The largest absolute Gasteiger partial charge is 0.496 e. The summed E-state index contributed by atoms with van der Waals surface area (Å²) >= 11 is 0. The van der Waals surface area contributed by atoms with E-state index < -0.39 is 5.41 Å². The molecule has 150 valence electrons. The number of aliphatic imine (C=N–C) groups is 1. The van der Waals surface area contributed by atoms with E-state index in [1.165, 1.54) is 16.7 Å². The molecule has 0 unspecified atom stereocenters. The van der Waals surface area contributed by atoms with Crippen LogP contribution in [0.2, 0.25) is 0 Å². The summed E-state index contributed by atoms with van der Waals surface area (Å²) in [6.07, 6.45) is 0.814. The minimum atomic E-state index is -0.403. The van der Waals surface area contributed by atoms with Gasteiger partial charge < -0.3 is 14.2 Å². The summed E-state index contributed by atoms with van der Waals surface area (Å²) in [5.41, 5.74) is 4.21. The van der Waals surface area contributed by atoms with Crippen LogP contribution in [0, 0.1) is 5.92 Å². The number of fused-ring (bicyclic) bond motifs is 2. The minimum Gasteiger partial charge on any atom is -0.496 e. The maximum atomic E-state index is 6.35. The summed E-state index contributed by atoms with van der Waals surface area (Å²) in [6, 6.07) is 19.2. The van der Waals surface area contributed by atoms with Gasteiger partial charge in [-0.3, -0.25) is 0 Å². The highest BCUT2D eigenvalue weighted by atomic mass is 16.5. The first-order valence-electron chi connectivity index (χ1n) is 10.3. The average Bonchev–Trinajstić information content (AvgIpc) is 3.36. The summed E-state index contributed by atoms with van der Waals surface area (Å²) in [5, 5.41) is 0. The number of benzene rings is 2. The summed E-state index contributed by atoms with van der Waals surface area (Å²) < 4.78 is 18.3. The first-order chi connectivity index (χ1) is 14.0. The van der Waals surface area contributed by atoms with Crippen LogP contribution in [0.1, 0.15) is 30.5 Å². The smallest absolute Gasteiger partial charge is 0.196 e. The lowest BCUT2D eigenvalue weighted by Crippen LogP contribution is -2.49. The third kappa shape index (κ3) is 2.81. The number of hydrogen-bond donors (Lipinski definition) is 0. The number of hydrogen-bond acceptors (Lipinski definition) is 4. The van der Waals surface area contributed by atoms with Crippen molar-refractivity contribution in [3.8, 4) is 0 Å². The number of nitrogens with zero attached hydrogens (tertiary/aromatic N) is 1. The molecule has 0 saturated carbocycles. The Hall–Kier alpha value is -2.59. The fourth-order valence-corrected chi connectivity index (χ4v) is 5.11. The molecule has 2 heterocycles. The highest BCUT2D eigenvalue weighted by Gasteiger charge is 2.56. The molecule has 4 nitrogen and oxygen atoms in total. The van der Waals surface area contributed by atoms with Crippen molar-refractivity contribution in [2.45, 2.75) is 31.2 Å². The van der Waals surface area contributed by atoms with Crippen molar-refractivity contribution in [3.05, 3.63) is 76.9 Å². The lowest BCUT2D eigenvalue weighted by molar-refractivity contribution is 0.166. The second kappa shape index (κ2) is 6.74. The van der Waals surface area contributed by atoms with Crippen LogP contribution in [-0.4, -0.2) is 38.4 Å². The molecule has 2 aromatic carbocycles. The highest BCUT2D eigenvalue weighted by Crippen LogP contribution is 2.53. The van der Waals surface area contributed by atoms with E-state index in [1.54, 1.807) is 7.11 Å². The SMILES string of the molecule is COC1=C2COC[C@@H]2[C@@](Cc2ccccc2)(C2=NC(C)(C)CO2)c2ccccc21. The zero-order valence-corrected chi connectivity index (χ0v) is 17.3. The Bertz CT molecular complexity index is 992. The van der Waals surface area contributed by atoms with Gasteiger partial charge in [0.15, 0.2) is 5.90 Å². The molecular formula is C25H27NO3. The molecule has 0 N–H and O–H groups in total. The zero-order valence-electron chi connectivity index (χ0n) is 17.3. The monoisotopic (exact) mass is 389 g/mol. The van der Waals surface area contributed by atoms with Crippen LogP contribution >= 0.6 is 0 Å². The molecule has 0 radical (unpaired) electrons. The van der Waals surface area contributed by atoms with Gasteiger partial charge >= 0.3 is 0 Å². The van der Waals surface area contributed by atoms with E-state index in [0.29, 0.717) is 19.8 Å². The van der Waals surface area contributed by atoms with E-state index in [0.717, 1.165) is 23.6 Å². The van der Waals surface area contributed by atoms with Gasteiger partial charge in [0.25, 0.3) is 0 Å². The van der Waals surface area contributed by atoms with Gasteiger partial charge in [-0.1, -0.05) is 54.6 Å². The van der Waals surface area contributed by atoms with Crippen molar-refractivity contribution < 1.29 is 14.2 Å². The van der Waals surface area contributed by atoms with E-state index in [9.17, 15) is 0 Å². The zero-order chi connectivity index (χ0) is 20.1. The molecular weight excluding hydrogens is 362 g/mol. The number of ether oxygens (including phenoxy) is 3. The van der Waals surface area contributed by atoms with Crippen LogP contribution in [0.25, 0.3) is 5.76 Å². The molecule has 4 heteroatoms. The van der Waals surface area contributed by atoms with Gasteiger partial charge in [0.2, 0.25) is 0 Å². The third-order valence-corrected chi connectivity index (χ3v) is 6.38. The van der Waals surface area contributed by atoms with Gasteiger partial charge in [-0.25, -0.2) is 4.99 Å². The van der Waals surface area contributed by atoms with Gasteiger partial charge in [0, 0.05) is 17.1 Å². The van der Waals surface area contributed by atoms with Crippen molar-refractivity contribution in [1.29, 1.82) is 0 Å². The lowest BCUT2D eigenvalue weighted by Gasteiger charge is -2.43. The van der Waals surface area contributed by atoms with Gasteiger partial charge in [-0.2, -0.15) is 0 Å². The first kappa shape index (κ1) is 18.4. The molecule has 2 aliphatic heterocycles. The Balaban J connectivity index is 1.79. The second-order valence-corrected chi connectivity index (χ2v) is 8.82. The van der Waals surface area contributed by atoms with E-state index in [2.05, 4.69) is 68.4 Å². The summed E-state index contributed by atoms with van der Waals surface area (Å²) in [7, 11) is 1.76. The topological polar surface area (TPSA) is 40.0 Å². The molecule has 0 amide bonds. The van der Waals surface area contributed by atoms with Crippen molar-refractivity contribution in [2.75, 3.05) is 26.9 Å². The Morgan fingerprint density at radius 1 is 1.07 bits per heavy atom. The van der Waals surface area contributed by atoms with Crippen LogP contribution in [-0.2, 0) is 26.0 Å². The predicted molar refractivity (Wildman–Crippen MR) is 114 cm³/mol. The van der Waals surface area contributed by atoms with Crippen molar-refractivity contribution in [2.24, 2.45) is 10.9 Å². The van der Waals surface area contributed by atoms with Crippen LogP contribution in [0.4, 0.5) is 0 Å². The normalized spacial score (nSPS) is 27.1. The van der Waals surface area contributed by atoms with Gasteiger partial charge in [-0.05, 0) is 31.4 Å². The Kier molecular flexibility index (Phi) is 4.28. The summed E-state index contributed by atoms with van der Waals surface area (Å²) in [6.45, 7) is 6.10. The minimum absolute atomic E-state index is 0.139. The Morgan fingerprint density at radius 2 is 1.83 bits per heavy atom. The molecule has 0 aromatic heterocycles. The molecule has 3 aliphatic rings. The standard InChI is InChI=1S/C25H27NO3/c1-24(2)16-29-23(26-24)25(13-17-9-5-4-6-10-17)20-12-8-7-11-18(20)22(27-3)19-14-28-15-21(19)25/h4-12,21H,13-16H2,1-3H3/t21-,25-/m0/s1. The Labute approximate surface area is 172 Å². The lowest BCUT2D eigenvalue weighted by atomic mass is 9.60. The summed E-state index contributed by atoms with van der Waals surface area (Å²) in [5.74, 6) is 1.92. The molecule has 2 atom stereocenters. The molecule has 1 fully saturated rings. The van der Waals surface area contributed by atoms with Gasteiger partial charge in [-0.15, -0.1) is 0 Å². The van der Waals surface area contributed by atoms with E-state index in [1.807, 2.05) is 0 Å². The van der Waals surface area contributed by atoms with Gasteiger partial charge in [0.05, 0.1) is 31.3 Å².